The number of hydrogen-bond donors (Lipinski definition) is 0. The van der Waals surface area contributed by atoms with E-state index in [1.165, 1.54) is 12.1 Å². The largest absolute Gasteiger partial charge is 0.497 e. The fourth-order valence-corrected chi connectivity index (χ4v) is 5.15. The maximum Gasteiger partial charge on any atom is 0.270 e. The summed E-state index contributed by atoms with van der Waals surface area (Å²) in [5, 5.41) is 0. The van der Waals surface area contributed by atoms with Gasteiger partial charge in [-0.2, -0.15) is 0 Å². The molecule has 0 unspecified atom stereocenters. The highest BCUT2D eigenvalue weighted by atomic mass is 16.5. The first kappa shape index (κ1) is 15.6. The van der Waals surface area contributed by atoms with Crippen molar-refractivity contribution < 1.29 is 4.74 Å². The molecule has 4 rings (SSSR count). The molecule has 0 aliphatic heterocycles. The van der Waals surface area contributed by atoms with Gasteiger partial charge in [0.2, 0.25) is 0 Å². The van der Waals surface area contributed by atoms with Crippen LogP contribution in [0, 0.1) is 5.41 Å². The fourth-order valence-electron chi connectivity index (χ4n) is 5.15. The smallest absolute Gasteiger partial charge is 0.270 e. The van der Waals surface area contributed by atoms with Gasteiger partial charge < -0.3 is 4.74 Å². The average molecular weight is 326 g/mol. The van der Waals surface area contributed by atoms with Crippen LogP contribution in [0.5, 0.6) is 5.75 Å². The van der Waals surface area contributed by atoms with Crippen LogP contribution in [0.4, 0.5) is 0 Å². The Morgan fingerprint density at radius 2 is 1.88 bits per heavy atom. The van der Waals surface area contributed by atoms with E-state index < -0.39 is 0 Å². The minimum Gasteiger partial charge on any atom is -0.497 e. The molecule has 2 aliphatic carbocycles. The Morgan fingerprint density at radius 3 is 2.46 bits per heavy atom. The van der Waals surface area contributed by atoms with Gasteiger partial charge in [-0.15, -0.1) is 0 Å². The Morgan fingerprint density at radius 1 is 1.21 bits per heavy atom. The molecule has 2 bridgehead atoms. The molecule has 4 heteroatoms. The van der Waals surface area contributed by atoms with E-state index in [-0.39, 0.29) is 16.4 Å². The molecular weight excluding hydrogens is 300 g/mol. The van der Waals surface area contributed by atoms with E-state index in [1.807, 2.05) is 36.0 Å². The summed E-state index contributed by atoms with van der Waals surface area (Å²) in [6, 6.07) is 7.96. The molecule has 2 aromatic rings. The molecule has 1 aromatic heterocycles. The minimum absolute atomic E-state index is 0.103. The highest BCUT2D eigenvalue weighted by Gasteiger charge is 2.62. The molecule has 24 heavy (non-hydrogen) atoms. The number of ether oxygens (including phenoxy) is 1. The minimum atomic E-state index is 0.103. The molecule has 0 spiro atoms. The maximum absolute atomic E-state index is 13.1. The van der Waals surface area contributed by atoms with E-state index in [0.29, 0.717) is 12.5 Å². The monoisotopic (exact) mass is 326 g/mol. The van der Waals surface area contributed by atoms with E-state index in [1.54, 1.807) is 7.11 Å². The van der Waals surface area contributed by atoms with E-state index in [9.17, 15) is 4.79 Å². The normalized spacial score (nSPS) is 26.6. The first-order valence-electron chi connectivity index (χ1n) is 8.74. The van der Waals surface area contributed by atoms with Crippen molar-refractivity contribution in [3.05, 3.63) is 51.4 Å². The number of benzene rings is 1. The molecule has 1 saturated carbocycles. The van der Waals surface area contributed by atoms with Crippen molar-refractivity contribution in [1.82, 2.24) is 9.36 Å². The summed E-state index contributed by atoms with van der Waals surface area (Å²) in [5.74, 6) is 1.24. The van der Waals surface area contributed by atoms with Gasteiger partial charge in [-0.25, -0.2) is 4.68 Å². The molecule has 2 aliphatic rings. The predicted octanol–water partition coefficient (Wildman–Crippen LogP) is 3.42. The summed E-state index contributed by atoms with van der Waals surface area (Å²) in [7, 11) is 3.71. The molecule has 0 amide bonds. The molecule has 2 atom stereocenters. The molecule has 4 nitrogen and oxygen atoms in total. The number of aromatic nitrogens is 2. The van der Waals surface area contributed by atoms with E-state index in [2.05, 4.69) is 25.5 Å². The number of nitrogens with zero attached hydrogens (tertiary/aromatic N) is 2. The molecule has 1 aromatic carbocycles. The second kappa shape index (κ2) is 4.78. The van der Waals surface area contributed by atoms with Crippen LogP contribution in [-0.2, 0) is 19.0 Å². The van der Waals surface area contributed by atoms with Crippen molar-refractivity contribution in [1.29, 1.82) is 0 Å². The van der Waals surface area contributed by atoms with Crippen molar-refractivity contribution in [2.45, 2.75) is 51.5 Å². The van der Waals surface area contributed by atoms with Gasteiger partial charge in [-0.3, -0.25) is 9.48 Å². The number of fused-ring (bicyclic) bond motifs is 5. The van der Waals surface area contributed by atoms with Crippen molar-refractivity contribution in [3.8, 4) is 5.75 Å². The van der Waals surface area contributed by atoms with Crippen LogP contribution in [0.15, 0.2) is 29.1 Å². The first-order chi connectivity index (χ1) is 11.3. The van der Waals surface area contributed by atoms with Gasteiger partial charge in [-0.1, -0.05) is 32.9 Å². The van der Waals surface area contributed by atoms with E-state index >= 15 is 0 Å². The van der Waals surface area contributed by atoms with Gasteiger partial charge in [-0.05, 0) is 41.9 Å². The van der Waals surface area contributed by atoms with E-state index in [4.69, 9.17) is 4.74 Å². The Hall–Kier alpha value is -1.97. The maximum atomic E-state index is 13.1. The first-order valence-corrected chi connectivity index (χ1v) is 8.74. The van der Waals surface area contributed by atoms with Crippen LogP contribution in [0.3, 0.4) is 0 Å². The van der Waals surface area contributed by atoms with Crippen LogP contribution in [0.25, 0.3) is 0 Å². The Labute approximate surface area is 143 Å². The Balaban J connectivity index is 1.79. The topological polar surface area (TPSA) is 36.2 Å². The average Bonchev–Trinajstić information content (AvgIpc) is 3.02. The third-order valence-corrected chi connectivity index (χ3v) is 6.99. The summed E-state index contributed by atoms with van der Waals surface area (Å²) in [5.41, 5.74) is 3.94. The van der Waals surface area contributed by atoms with Gasteiger partial charge in [0.05, 0.1) is 19.3 Å². The van der Waals surface area contributed by atoms with Crippen molar-refractivity contribution in [3.63, 3.8) is 0 Å². The van der Waals surface area contributed by atoms with Gasteiger partial charge in [0.1, 0.15) is 5.75 Å². The van der Waals surface area contributed by atoms with Crippen molar-refractivity contribution in [2.24, 2.45) is 12.5 Å². The lowest BCUT2D eigenvalue weighted by molar-refractivity contribution is 0.215. The zero-order valence-corrected chi connectivity index (χ0v) is 15.2. The summed E-state index contributed by atoms with van der Waals surface area (Å²) in [4.78, 5) is 13.1. The number of rotatable bonds is 3. The highest BCUT2D eigenvalue weighted by Crippen LogP contribution is 2.66. The lowest BCUT2D eigenvalue weighted by Crippen LogP contribution is -2.35. The summed E-state index contributed by atoms with van der Waals surface area (Å²) in [6.07, 6.45) is 2.32. The summed E-state index contributed by atoms with van der Waals surface area (Å²) >= 11 is 0. The Bertz CT molecular complexity index is 857. The molecule has 0 saturated heterocycles. The van der Waals surface area contributed by atoms with Gasteiger partial charge in [0.15, 0.2) is 0 Å². The molecule has 1 heterocycles. The third kappa shape index (κ3) is 1.72. The van der Waals surface area contributed by atoms with Gasteiger partial charge in [0.25, 0.3) is 5.56 Å². The van der Waals surface area contributed by atoms with Crippen LogP contribution >= 0.6 is 0 Å². The van der Waals surface area contributed by atoms with Crippen molar-refractivity contribution in [2.75, 3.05) is 7.11 Å². The van der Waals surface area contributed by atoms with Crippen LogP contribution in [0.1, 0.15) is 56.4 Å². The molecule has 1 fully saturated rings. The molecular formula is C20H26N2O2. The van der Waals surface area contributed by atoms with Crippen LogP contribution in [-0.4, -0.2) is 16.5 Å². The molecule has 128 valence electrons. The van der Waals surface area contributed by atoms with Crippen LogP contribution in [0.2, 0.25) is 0 Å². The second-order valence-corrected chi connectivity index (χ2v) is 8.14. The molecule has 0 N–H and O–H groups in total. The van der Waals surface area contributed by atoms with Crippen molar-refractivity contribution >= 4 is 0 Å². The standard InChI is InChI=1S/C20H26N2O2/c1-19(2)15-10-11-20(19,3)17-16(15)18(23)22(21(17)4)12-13-6-8-14(24-5)9-7-13/h6-9,15H,10-12H2,1-5H3/t15-,20+/m1/s1. The quantitative estimate of drug-likeness (QED) is 0.866. The third-order valence-electron chi connectivity index (χ3n) is 6.99. The van der Waals surface area contributed by atoms with Crippen LogP contribution < -0.4 is 10.3 Å². The lowest BCUT2D eigenvalue weighted by atomic mass is 9.70. The summed E-state index contributed by atoms with van der Waals surface area (Å²) < 4.78 is 9.24. The Kier molecular flexibility index (Phi) is 3.09. The number of hydrogen-bond acceptors (Lipinski definition) is 2. The zero-order chi connectivity index (χ0) is 17.3. The van der Waals surface area contributed by atoms with E-state index in [0.717, 1.165) is 23.3 Å². The number of methoxy groups -OCH3 is 1. The predicted molar refractivity (Wildman–Crippen MR) is 94.9 cm³/mol. The fraction of sp³-hybridized carbons (Fsp3) is 0.550. The second-order valence-electron chi connectivity index (χ2n) is 8.14. The SMILES string of the molecule is COc1ccc(Cn2c(=O)c3c(n2C)[C@]2(C)CC[C@H]3C2(C)C)cc1. The lowest BCUT2D eigenvalue weighted by Gasteiger charge is -2.36. The van der Waals surface area contributed by atoms with Gasteiger partial charge in [0, 0.05) is 18.0 Å². The molecule has 0 radical (unpaired) electrons. The zero-order valence-electron chi connectivity index (χ0n) is 15.2. The summed E-state index contributed by atoms with van der Waals surface area (Å²) in [6.45, 7) is 7.61. The van der Waals surface area contributed by atoms with Gasteiger partial charge >= 0.3 is 0 Å². The highest BCUT2D eigenvalue weighted by molar-refractivity contribution is 5.45.